The second-order valence-corrected chi connectivity index (χ2v) is 4.64. The van der Waals surface area contributed by atoms with Crippen molar-refractivity contribution >= 4 is 16.8 Å². The van der Waals surface area contributed by atoms with Crippen LogP contribution in [0.15, 0.2) is 16.5 Å². The summed E-state index contributed by atoms with van der Waals surface area (Å²) in [5.74, 6) is 0.768. The van der Waals surface area contributed by atoms with E-state index in [0.29, 0.717) is 12.2 Å². The second-order valence-electron chi connectivity index (χ2n) is 4.64. The van der Waals surface area contributed by atoms with E-state index in [-0.39, 0.29) is 5.78 Å². The van der Waals surface area contributed by atoms with Crippen LogP contribution in [0.4, 0.5) is 0 Å². The SMILES string of the molecule is Cc1cc(C)c2oc3c(c2c1)CCCC3=O. The fraction of sp³-hybridized carbons (Fsp3) is 0.357. The monoisotopic (exact) mass is 214 g/mol. The standard InChI is InChI=1S/C14H14O2/c1-8-6-9(2)13-11(7-8)10-4-3-5-12(15)14(10)16-13/h6-7H,3-5H2,1-2H3. The summed E-state index contributed by atoms with van der Waals surface area (Å²) < 4.78 is 5.74. The molecule has 1 aromatic carbocycles. The molecule has 3 rings (SSSR count). The molecule has 0 fully saturated rings. The number of furan rings is 1. The van der Waals surface area contributed by atoms with Gasteiger partial charge in [-0.1, -0.05) is 6.07 Å². The maximum atomic E-state index is 11.8. The molecule has 0 unspecified atom stereocenters. The van der Waals surface area contributed by atoms with Crippen LogP contribution in [0.25, 0.3) is 11.0 Å². The van der Waals surface area contributed by atoms with E-state index in [0.717, 1.165) is 34.9 Å². The zero-order chi connectivity index (χ0) is 11.3. The quantitative estimate of drug-likeness (QED) is 0.671. The van der Waals surface area contributed by atoms with Crippen molar-refractivity contribution in [3.8, 4) is 0 Å². The number of aryl methyl sites for hydroxylation is 3. The van der Waals surface area contributed by atoms with E-state index in [1.165, 1.54) is 5.56 Å². The van der Waals surface area contributed by atoms with Gasteiger partial charge in [0.15, 0.2) is 11.5 Å². The lowest BCUT2D eigenvalue weighted by Crippen LogP contribution is -2.07. The molecule has 0 radical (unpaired) electrons. The van der Waals surface area contributed by atoms with Crippen LogP contribution in [-0.2, 0) is 6.42 Å². The first-order valence-corrected chi connectivity index (χ1v) is 5.72. The summed E-state index contributed by atoms with van der Waals surface area (Å²) in [6.45, 7) is 4.12. The van der Waals surface area contributed by atoms with Gasteiger partial charge < -0.3 is 4.42 Å². The van der Waals surface area contributed by atoms with Crippen LogP contribution >= 0.6 is 0 Å². The lowest BCUT2D eigenvalue weighted by Gasteiger charge is -2.07. The largest absolute Gasteiger partial charge is 0.452 e. The molecular weight excluding hydrogens is 200 g/mol. The minimum absolute atomic E-state index is 0.162. The number of ketones is 1. The third-order valence-electron chi connectivity index (χ3n) is 3.31. The Bertz CT molecular complexity index is 590. The Kier molecular flexibility index (Phi) is 1.93. The molecule has 1 aliphatic rings. The smallest absolute Gasteiger partial charge is 0.198 e. The number of Topliss-reactive ketones (excluding diaryl/α,β-unsaturated/α-hetero) is 1. The summed E-state index contributed by atoms with van der Waals surface area (Å²) in [4.78, 5) is 11.8. The molecule has 2 aromatic rings. The summed E-state index contributed by atoms with van der Waals surface area (Å²) in [5.41, 5.74) is 4.37. The molecule has 16 heavy (non-hydrogen) atoms. The Balaban J connectivity index is 2.40. The Hall–Kier alpha value is -1.57. The van der Waals surface area contributed by atoms with Crippen LogP contribution in [0, 0.1) is 13.8 Å². The van der Waals surface area contributed by atoms with Gasteiger partial charge in [-0.3, -0.25) is 4.79 Å². The zero-order valence-corrected chi connectivity index (χ0v) is 9.59. The third kappa shape index (κ3) is 1.22. The van der Waals surface area contributed by atoms with E-state index in [2.05, 4.69) is 19.1 Å². The van der Waals surface area contributed by atoms with Crippen molar-refractivity contribution in [1.29, 1.82) is 0 Å². The molecule has 0 atom stereocenters. The molecule has 82 valence electrons. The van der Waals surface area contributed by atoms with Gasteiger partial charge >= 0.3 is 0 Å². The van der Waals surface area contributed by atoms with Crippen molar-refractivity contribution in [3.63, 3.8) is 0 Å². The fourth-order valence-electron chi connectivity index (χ4n) is 2.61. The average Bonchev–Trinajstić information content (AvgIpc) is 2.59. The topological polar surface area (TPSA) is 30.2 Å². The number of carbonyl (C=O) groups excluding carboxylic acids is 1. The summed E-state index contributed by atoms with van der Waals surface area (Å²) in [6.07, 6.45) is 2.55. The Morgan fingerprint density at radius 3 is 2.81 bits per heavy atom. The highest BCUT2D eigenvalue weighted by molar-refractivity contribution is 6.02. The van der Waals surface area contributed by atoms with Gasteiger partial charge in [0.1, 0.15) is 5.58 Å². The van der Waals surface area contributed by atoms with Crippen LogP contribution in [0.5, 0.6) is 0 Å². The van der Waals surface area contributed by atoms with Crippen LogP contribution in [-0.4, -0.2) is 5.78 Å². The molecule has 0 saturated heterocycles. The number of rotatable bonds is 0. The normalized spacial score (nSPS) is 15.5. The Labute approximate surface area is 94.3 Å². The van der Waals surface area contributed by atoms with Gasteiger partial charge in [0.25, 0.3) is 0 Å². The van der Waals surface area contributed by atoms with Crippen molar-refractivity contribution in [1.82, 2.24) is 0 Å². The molecule has 1 aromatic heterocycles. The first-order valence-electron chi connectivity index (χ1n) is 5.72. The van der Waals surface area contributed by atoms with E-state index in [4.69, 9.17) is 4.42 Å². The summed E-state index contributed by atoms with van der Waals surface area (Å²) in [5, 5.41) is 1.14. The maximum Gasteiger partial charge on any atom is 0.198 e. The molecule has 1 heterocycles. The van der Waals surface area contributed by atoms with Crippen molar-refractivity contribution in [2.45, 2.75) is 33.1 Å². The molecule has 0 bridgehead atoms. The van der Waals surface area contributed by atoms with Gasteiger partial charge in [0.05, 0.1) is 0 Å². The lowest BCUT2D eigenvalue weighted by molar-refractivity contribution is 0.0946. The average molecular weight is 214 g/mol. The van der Waals surface area contributed by atoms with Gasteiger partial charge in [-0.15, -0.1) is 0 Å². The molecule has 2 nitrogen and oxygen atoms in total. The molecule has 0 spiro atoms. The summed E-state index contributed by atoms with van der Waals surface area (Å²) >= 11 is 0. The molecule has 0 N–H and O–H groups in total. The molecule has 0 aliphatic heterocycles. The highest BCUT2D eigenvalue weighted by Crippen LogP contribution is 2.34. The maximum absolute atomic E-state index is 11.8. The van der Waals surface area contributed by atoms with Gasteiger partial charge in [-0.05, 0) is 43.9 Å². The van der Waals surface area contributed by atoms with Gasteiger partial charge in [0, 0.05) is 17.4 Å². The third-order valence-corrected chi connectivity index (χ3v) is 3.31. The predicted molar refractivity (Wildman–Crippen MR) is 63.0 cm³/mol. The number of benzene rings is 1. The molecule has 0 saturated carbocycles. The van der Waals surface area contributed by atoms with Crippen LogP contribution < -0.4 is 0 Å². The van der Waals surface area contributed by atoms with Crippen LogP contribution in [0.3, 0.4) is 0 Å². The first kappa shape index (κ1) is 9.64. The number of hydrogen-bond acceptors (Lipinski definition) is 2. The van der Waals surface area contributed by atoms with Gasteiger partial charge in [-0.2, -0.15) is 0 Å². The van der Waals surface area contributed by atoms with E-state index < -0.39 is 0 Å². The summed E-state index contributed by atoms with van der Waals surface area (Å²) in [6, 6.07) is 4.23. The predicted octanol–water partition coefficient (Wildman–Crippen LogP) is 3.57. The van der Waals surface area contributed by atoms with E-state index >= 15 is 0 Å². The van der Waals surface area contributed by atoms with Gasteiger partial charge in [-0.25, -0.2) is 0 Å². The van der Waals surface area contributed by atoms with E-state index in [1.54, 1.807) is 0 Å². The van der Waals surface area contributed by atoms with Gasteiger partial charge in [0.2, 0.25) is 0 Å². The highest BCUT2D eigenvalue weighted by Gasteiger charge is 2.24. The molecule has 0 amide bonds. The number of hydrogen-bond donors (Lipinski definition) is 0. The fourth-order valence-corrected chi connectivity index (χ4v) is 2.61. The van der Waals surface area contributed by atoms with Crippen LogP contribution in [0.2, 0.25) is 0 Å². The second kappa shape index (κ2) is 3.21. The van der Waals surface area contributed by atoms with E-state index in [1.807, 2.05) is 6.92 Å². The zero-order valence-electron chi connectivity index (χ0n) is 9.59. The summed E-state index contributed by atoms with van der Waals surface area (Å²) in [7, 11) is 0. The lowest BCUT2D eigenvalue weighted by atomic mass is 9.94. The molecule has 2 heteroatoms. The van der Waals surface area contributed by atoms with Crippen molar-refractivity contribution in [2.75, 3.05) is 0 Å². The number of fused-ring (bicyclic) bond motifs is 3. The Morgan fingerprint density at radius 1 is 1.19 bits per heavy atom. The van der Waals surface area contributed by atoms with Crippen molar-refractivity contribution in [2.24, 2.45) is 0 Å². The molecular formula is C14H14O2. The first-order chi connectivity index (χ1) is 7.66. The van der Waals surface area contributed by atoms with Crippen LogP contribution in [0.1, 0.15) is 40.1 Å². The Morgan fingerprint density at radius 2 is 2.00 bits per heavy atom. The number of carbonyl (C=O) groups is 1. The van der Waals surface area contributed by atoms with E-state index in [9.17, 15) is 4.79 Å². The minimum atomic E-state index is 0.162. The highest BCUT2D eigenvalue weighted by atomic mass is 16.3. The van der Waals surface area contributed by atoms with Crippen molar-refractivity contribution in [3.05, 3.63) is 34.6 Å². The van der Waals surface area contributed by atoms with Crippen molar-refractivity contribution < 1.29 is 9.21 Å². The molecule has 1 aliphatic carbocycles. The minimum Gasteiger partial charge on any atom is -0.452 e.